The number of aryl methyl sites for hydroxylation is 1. The Morgan fingerprint density at radius 2 is 1.81 bits per heavy atom. The number of ether oxygens (including phenoxy) is 3. The molecule has 1 N–H and O–H groups in total. The molecule has 0 aliphatic rings. The number of nitriles is 1. The maximum absolute atomic E-state index is 12.3. The average molecular weight is 459 g/mol. The first-order valence-electron chi connectivity index (χ1n) is 10.2. The van der Waals surface area contributed by atoms with Crippen molar-refractivity contribution in [3.8, 4) is 22.6 Å². The number of Topliss-reactive ketones (excluding diaryl/α,β-unsaturated/α-hetero) is 1. The molecule has 9 heteroatoms. The summed E-state index contributed by atoms with van der Waals surface area (Å²) in [6.07, 6.45) is 0.0596. The monoisotopic (exact) mass is 458 g/mol. The number of thiophene rings is 1. The molecule has 1 aromatic carbocycles. The molecule has 2 aromatic rings. The van der Waals surface area contributed by atoms with Crippen molar-refractivity contribution in [2.45, 2.75) is 52.2 Å². The number of carbonyl (C=O) groups excluding carboxylic acids is 3. The Kier molecular flexibility index (Phi) is 9.70. The summed E-state index contributed by atoms with van der Waals surface area (Å²) in [6.45, 7) is 5.62. The number of unbranched alkanes of at least 4 members (excludes halogenated alkanes) is 1. The fraction of sp³-hybridized carbons (Fsp3) is 0.391. The molecule has 1 aromatic heterocycles. The maximum atomic E-state index is 12.3. The van der Waals surface area contributed by atoms with Crippen LogP contribution in [0.4, 0.5) is 0 Å². The van der Waals surface area contributed by atoms with Crippen molar-refractivity contribution in [1.29, 1.82) is 5.26 Å². The van der Waals surface area contributed by atoms with Crippen LogP contribution < -0.4 is 14.8 Å². The lowest BCUT2D eigenvalue weighted by molar-refractivity contribution is -0.146. The van der Waals surface area contributed by atoms with E-state index in [1.807, 2.05) is 26.0 Å². The van der Waals surface area contributed by atoms with Crippen molar-refractivity contribution in [2.24, 2.45) is 0 Å². The predicted octanol–water partition coefficient (Wildman–Crippen LogP) is 3.93. The fourth-order valence-electron chi connectivity index (χ4n) is 2.50. The second kappa shape index (κ2) is 12.5. The van der Waals surface area contributed by atoms with Gasteiger partial charge in [0.2, 0.25) is 11.9 Å². The molecule has 0 bridgehead atoms. The van der Waals surface area contributed by atoms with Crippen LogP contribution in [0.15, 0.2) is 36.4 Å². The van der Waals surface area contributed by atoms with Crippen molar-refractivity contribution in [3.63, 3.8) is 0 Å². The Hall–Kier alpha value is -3.38. The number of rotatable bonds is 12. The third kappa shape index (κ3) is 8.04. The van der Waals surface area contributed by atoms with Crippen LogP contribution in [-0.4, -0.2) is 36.4 Å². The molecule has 0 aliphatic carbocycles. The molecule has 2 unspecified atom stereocenters. The van der Waals surface area contributed by atoms with Gasteiger partial charge in [-0.2, -0.15) is 5.26 Å². The quantitative estimate of drug-likeness (QED) is 0.291. The summed E-state index contributed by atoms with van der Waals surface area (Å²) in [7, 11) is 0. The number of ketones is 1. The van der Waals surface area contributed by atoms with Crippen LogP contribution in [0.1, 0.15) is 38.0 Å². The minimum Gasteiger partial charge on any atom is -0.483 e. The van der Waals surface area contributed by atoms with Gasteiger partial charge in [-0.1, -0.05) is 13.3 Å². The van der Waals surface area contributed by atoms with E-state index in [9.17, 15) is 14.4 Å². The second-order valence-corrected chi connectivity index (χ2v) is 8.24. The molecule has 0 saturated carbocycles. The van der Waals surface area contributed by atoms with Crippen molar-refractivity contribution < 1.29 is 28.6 Å². The number of hydrogen-bond donors (Lipinski definition) is 1. The zero-order valence-corrected chi connectivity index (χ0v) is 19.1. The molecule has 1 amide bonds. The lowest BCUT2D eigenvalue weighted by atomic mass is 10.1. The lowest BCUT2D eigenvalue weighted by Gasteiger charge is -2.15. The second-order valence-electron chi connectivity index (χ2n) is 6.99. The van der Waals surface area contributed by atoms with Crippen LogP contribution in [0.25, 0.3) is 0 Å². The van der Waals surface area contributed by atoms with Gasteiger partial charge in [-0.25, -0.2) is 4.79 Å². The number of hydrogen-bond acceptors (Lipinski definition) is 8. The molecule has 2 rings (SSSR count). The highest BCUT2D eigenvalue weighted by atomic mass is 32.1. The highest BCUT2D eigenvalue weighted by Gasteiger charge is 2.25. The minimum atomic E-state index is -1.46. The van der Waals surface area contributed by atoms with E-state index in [0.29, 0.717) is 17.9 Å². The van der Waals surface area contributed by atoms with Crippen LogP contribution in [0.5, 0.6) is 16.6 Å². The van der Waals surface area contributed by atoms with E-state index in [0.717, 1.165) is 16.4 Å². The molecule has 2 atom stereocenters. The van der Waals surface area contributed by atoms with Gasteiger partial charge in [-0.05, 0) is 56.7 Å². The first-order chi connectivity index (χ1) is 15.3. The van der Waals surface area contributed by atoms with Crippen LogP contribution in [0.2, 0.25) is 0 Å². The summed E-state index contributed by atoms with van der Waals surface area (Å²) in [5.74, 6) is -1.01. The molecular weight excluding hydrogens is 432 g/mol. The van der Waals surface area contributed by atoms with Crippen LogP contribution >= 0.6 is 11.3 Å². The Bertz CT molecular complexity index is 964. The predicted molar refractivity (Wildman–Crippen MR) is 119 cm³/mol. The summed E-state index contributed by atoms with van der Waals surface area (Å²) in [4.78, 5) is 37.3. The normalized spacial score (nSPS) is 12.2. The summed E-state index contributed by atoms with van der Waals surface area (Å²) < 4.78 is 16.2. The van der Waals surface area contributed by atoms with E-state index in [4.69, 9.17) is 19.5 Å². The van der Waals surface area contributed by atoms with Crippen molar-refractivity contribution >= 4 is 29.0 Å². The summed E-state index contributed by atoms with van der Waals surface area (Å²) >= 11 is 1.53. The third-order valence-corrected chi connectivity index (χ3v) is 5.15. The van der Waals surface area contributed by atoms with Crippen LogP contribution in [-0.2, 0) is 19.1 Å². The molecule has 0 spiro atoms. The Balaban J connectivity index is 1.82. The molecule has 32 heavy (non-hydrogen) atoms. The van der Waals surface area contributed by atoms with Gasteiger partial charge in [0.05, 0.1) is 19.1 Å². The molecule has 8 nitrogen and oxygen atoms in total. The van der Waals surface area contributed by atoms with E-state index in [2.05, 4.69) is 5.32 Å². The molecule has 0 fully saturated rings. The van der Waals surface area contributed by atoms with Crippen molar-refractivity contribution in [2.75, 3.05) is 6.61 Å². The van der Waals surface area contributed by atoms with Gasteiger partial charge in [0.1, 0.15) is 11.5 Å². The fourth-order valence-corrected chi connectivity index (χ4v) is 3.22. The van der Waals surface area contributed by atoms with Gasteiger partial charge in [-0.15, -0.1) is 11.3 Å². The Morgan fingerprint density at radius 1 is 1.12 bits per heavy atom. The first kappa shape index (κ1) is 24.9. The highest BCUT2D eigenvalue weighted by Crippen LogP contribution is 2.30. The number of carbonyl (C=O) groups is 3. The van der Waals surface area contributed by atoms with E-state index in [1.165, 1.54) is 18.3 Å². The molecule has 0 aliphatic heterocycles. The molecular formula is C23H26N2O6S. The van der Waals surface area contributed by atoms with Gasteiger partial charge >= 0.3 is 5.97 Å². The van der Waals surface area contributed by atoms with E-state index >= 15 is 0 Å². The first-order valence-corrected chi connectivity index (χ1v) is 11.0. The number of nitrogens with one attached hydrogen (secondary N) is 1. The maximum Gasteiger partial charge on any atom is 0.343 e. The largest absolute Gasteiger partial charge is 0.483 e. The topological polar surface area (TPSA) is 115 Å². The van der Waals surface area contributed by atoms with Gasteiger partial charge in [-0.3, -0.25) is 9.59 Å². The smallest absolute Gasteiger partial charge is 0.343 e. The average Bonchev–Trinajstić information content (AvgIpc) is 3.17. The van der Waals surface area contributed by atoms with Gasteiger partial charge < -0.3 is 19.5 Å². The third-order valence-electron chi connectivity index (χ3n) is 4.27. The van der Waals surface area contributed by atoms with E-state index < -0.39 is 36.2 Å². The van der Waals surface area contributed by atoms with Gasteiger partial charge in [0.25, 0.3) is 0 Å². The summed E-state index contributed by atoms with van der Waals surface area (Å²) in [5.41, 5.74) is 0. The van der Waals surface area contributed by atoms with E-state index in [-0.39, 0.29) is 6.61 Å². The zero-order chi connectivity index (χ0) is 23.5. The van der Waals surface area contributed by atoms with Crippen LogP contribution in [0, 0.1) is 18.3 Å². The minimum absolute atomic E-state index is 0.171. The molecule has 0 saturated heterocycles. The highest BCUT2D eigenvalue weighted by molar-refractivity contribution is 7.13. The summed E-state index contributed by atoms with van der Waals surface area (Å²) in [6, 6.07) is 10.8. The molecule has 0 radical (unpaired) electrons. The van der Waals surface area contributed by atoms with Crippen molar-refractivity contribution in [3.05, 3.63) is 41.3 Å². The summed E-state index contributed by atoms with van der Waals surface area (Å²) in [5, 5.41) is 12.1. The van der Waals surface area contributed by atoms with Crippen molar-refractivity contribution in [1.82, 2.24) is 5.32 Å². The Morgan fingerprint density at radius 3 is 2.41 bits per heavy atom. The number of nitrogens with zero attached hydrogens (tertiary/aromatic N) is 1. The number of esters is 1. The van der Waals surface area contributed by atoms with Crippen LogP contribution in [0.3, 0.4) is 0 Å². The Labute approximate surface area is 191 Å². The molecule has 170 valence electrons. The zero-order valence-electron chi connectivity index (χ0n) is 18.3. The van der Waals surface area contributed by atoms with E-state index in [1.54, 1.807) is 30.3 Å². The number of amides is 1. The SMILES string of the molecule is CCCCOC(=O)C(C#N)NC(=O)CC(=O)C(C)Oc1ccc(Oc2ccc(C)s2)cc1. The molecule has 1 heterocycles. The van der Waals surface area contributed by atoms with Gasteiger partial charge in [0, 0.05) is 4.88 Å². The number of benzene rings is 1. The standard InChI is InChI=1S/C23H26N2O6S/c1-4-5-12-29-23(28)19(14-24)25-21(27)13-20(26)16(3)30-17-7-9-18(10-8-17)31-22-11-6-15(2)32-22/h6-11,16,19H,4-5,12-13H2,1-3H3,(H,25,27). The lowest BCUT2D eigenvalue weighted by Crippen LogP contribution is -2.42. The van der Waals surface area contributed by atoms with Gasteiger partial charge in [0.15, 0.2) is 17.0 Å².